The Morgan fingerprint density at radius 3 is 2.20 bits per heavy atom. The molecule has 0 atom stereocenters. The molecule has 5 rings (SSSR count). The van der Waals surface area contributed by atoms with Crippen LogP contribution in [-0.4, -0.2) is 55.9 Å². The van der Waals surface area contributed by atoms with Gasteiger partial charge in [-0.15, -0.1) is 0 Å². The molecule has 14 heteroatoms. The molecular weight excluding hydrogens is 606 g/mol. The number of anilines is 2. The third-order valence-electron chi connectivity index (χ3n) is 6.63. The highest BCUT2D eigenvalue weighted by Gasteiger charge is 2.23. The van der Waals surface area contributed by atoms with Gasteiger partial charge >= 0.3 is 17.9 Å². The number of benzene rings is 4. The van der Waals surface area contributed by atoms with Crippen molar-refractivity contribution in [1.82, 2.24) is 5.32 Å². The molecule has 3 aromatic rings. The van der Waals surface area contributed by atoms with E-state index < -0.39 is 30.4 Å². The van der Waals surface area contributed by atoms with E-state index in [0.717, 1.165) is 18.2 Å². The Morgan fingerprint density at radius 2 is 1.49 bits per heavy atom. The number of carboxylic acid groups (broad SMARTS) is 3. The third kappa shape index (κ3) is 6.40. The molecule has 1 heterocycles. The van der Waals surface area contributed by atoms with Crippen molar-refractivity contribution in [1.29, 1.82) is 0 Å². The summed E-state index contributed by atoms with van der Waals surface area (Å²) in [6.07, 6.45) is 0. The standard InChI is InChI=1S/C31H21N3O10S/c35-16-3-7-20-24(11-16)44-25-12-17(36)4-8-21(25)27(20)18-6-2-15(10-22(18)30(42)43)33-31(45)32-13-26(37)34-23-9-14(28(38)39)1-5-19(23)29(40)41/h1-12,35H,13H2,(H,34,37)(H,38,39)(H,40,41)(H,42,43)(H2,32,33,45). The van der Waals surface area contributed by atoms with Gasteiger partial charge in [0.25, 0.3) is 0 Å². The van der Waals surface area contributed by atoms with Gasteiger partial charge in [-0.25, -0.2) is 14.4 Å². The monoisotopic (exact) mass is 627 g/mol. The zero-order valence-corrected chi connectivity index (χ0v) is 23.6. The van der Waals surface area contributed by atoms with Crippen LogP contribution in [0.25, 0.3) is 33.4 Å². The molecular formula is C31H21N3O10S. The van der Waals surface area contributed by atoms with Gasteiger partial charge in [-0.2, -0.15) is 0 Å². The van der Waals surface area contributed by atoms with Gasteiger partial charge in [-0.1, -0.05) is 6.07 Å². The van der Waals surface area contributed by atoms with E-state index >= 15 is 0 Å². The van der Waals surface area contributed by atoms with Crippen LogP contribution in [0.2, 0.25) is 0 Å². The molecule has 3 aromatic carbocycles. The van der Waals surface area contributed by atoms with E-state index in [-0.39, 0.29) is 55.7 Å². The molecule has 45 heavy (non-hydrogen) atoms. The molecule has 13 nitrogen and oxygen atoms in total. The maximum Gasteiger partial charge on any atom is 0.337 e. The Hall–Kier alpha value is -6.28. The van der Waals surface area contributed by atoms with Crippen molar-refractivity contribution >= 4 is 63.5 Å². The summed E-state index contributed by atoms with van der Waals surface area (Å²) in [7, 11) is 0. The Labute approximate surface area is 257 Å². The molecule has 1 amide bonds. The predicted molar refractivity (Wildman–Crippen MR) is 166 cm³/mol. The van der Waals surface area contributed by atoms with Gasteiger partial charge in [-0.3, -0.25) is 9.59 Å². The fraction of sp³-hybridized carbons (Fsp3) is 0.0323. The van der Waals surface area contributed by atoms with Gasteiger partial charge < -0.3 is 40.8 Å². The highest BCUT2D eigenvalue weighted by atomic mass is 32.1. The highest BCUT2D eigenvalue weighted by Crippen LogP contribution is 2.42. The summed E-state index contributed by atoms with van der Waals surface area (Å²) in [5, 5.41) is 46.8. The molecule has 1 aliphatic carbocycles. The van der Waals surface area contributed by atoms with Gasteiger partial charge in [0.2, 0.25) is 5.91 Å². The number of aromatic hydroxyl groups is 1. The summed E-state index contributed by atoms with van der Waals surface area (Å²) in [5.74, 6) is -4.57. The summed E-state index contributed by atoms with van der Waals surface area (Å²) in [6, 6.07) is 16.1. The number of amides is 1. The molecule has 0 saturated carbocycles. The Kier molecular flexibility index (Phi) is 8.15. The summed E-state index contributed by atoms with van der Waals surface area (Å²) < 4.78 is 5.83. The first kappa shape index (κ1) is 30.2. The normalized spacial score (nSPS) is 10.8. The molecule has 1 aliphatic heterocycles. The first-order chi connectivity index (χ1) is 21.4. The number of phenolic OH excluding ortho intramolecular Hbond substituents is 1. The minimum Gasteiger partial charge on any atom is -0.508 e. The second kappa shape index (κ2) is 12.1. The maximum absolute atomic E-state index is 12.5. The number of carbonyl (C=O) groups is 4. The summed E-state index contributed by atoms with van der Waals surface area (Å²) in [5.41, 5.74) is 0.503. The number of phenols is 1. The van der Waals surface area contributed by atoms with Crippen LogP contribution in [0, 0.1) is 0 Å². The van der Waals surface area contributed by atoms with E-state index in [0.29, 0.717) is 22.1 Å². The van der Waals surface area contributed by atoms with Crippen LogP contribution in [0.1, 0.15) is 31.1 Å². The topological polar surface area (TPSA) is 215 Å². The number of rotatable bonds is 8. The Bertz CT molecular complexity index is 2090. The largest absolute Gasteiger partial charge is 0.508 e. The van der Waals surface area contributed by atoms with Crippen molar-refractivity contribution in [2.45, 2.75) is 0 Å². The molecule has 2 aliphatic rings. The first-order valence-electron chi connectivity index (χ1n) is 12.9. The van der Waals surface area contributed by atoms with Gasteiger partial charge in [0, 0.05) is 34.3 Å². The first-order valence-corrected chi connectivity index (χ1v) is 13.3. The third-order valence-corrected chi connectivity index (χ3v) is 6.88. The summed E-state index contributed by atoms with van der Waals surface area (Å²) >= 11 is 5.24. The summed E-state index contributed by atoms with van der Waals surface area (Å²) in [4.78, 5) is 59.7. The van der Waals surface area contributed by atoms with E-state index in [1.165, 1.54) is 42.5 Å². The summed E-state index contributed by atoms with van der Waals surface area (Å²) in [6.45, 7) is -0.438. The van der Waals surface area contributed by atoms with Gasteiger partial charge in [-0.05, 0) is 72.4 Å². The van der Waals surface area contributed by atoms with Crippen molar-refractivity contribution in [2.24, 2.45) is 0 Å². The average molecular weight is 628 g/mol. The fourth-order valence-corrected chi connectivity index (χ4v) is 4.85. The van der Waals surface area contributed by atoms with Crippen LogP contribution in [0.4, 0.5) is 11.4 Å². The minimum atomic E-state index is -1.37. The maximum atomic E-state index is 12.5. The molecule has 0 saturated heterocycles. The fourth-order valence-electron chi connectivity index (χ4n) is 4.66. The predicted octanol–water partition coefficient (Wildman–Crippen LogP) is 4.29. The van der Waals surface area contributed by atoms with Crippen LogP contribution in [0.3, 0.4) is 0 Å². The van der Waals surface area contributed by atoms with Crippen molar-refractivity contribution in [3.63, 3.8) is 0 Å². The molecule has 0 radical (unpaired) electrons. The van der Waals surface area contributed by atoms with Crippen LogP contribution >= 0.6 is 12.2 Å². The SMILES string of the molecule is O=C(CNC(=S)Nc1ccc(-c2c3ccc(=O)cc-3oc3cc(O)ccc23)c(C(=O)O)c1)Nc1cc(C(=O)O)ccc1C(=O)O. The molecule has 0 aromatic heterocycles. The zero-order chi connectivity index (χ0) is 32.4. The molecule has 0 spiro atoms. The molecule has 0 fully saturated rings. The van der Waals surface area contributed by atoms with Crippen molar-refractivity contribution in [3.05, 3.63) is 99.7 Å². The van der Waals surface area contributed by atoms with Crippen LogP contribution < -0.4 is 21.4 Å². The lowest BCUT2D eigenvalue weighted by atomic mass is 9.90. The minimum absolute atomic E-state index is 0.0696. The lowest BCUT2D eigenvalue weighted by Gasteiger charge is -2.18. The van der Waals surface area contributed by atoms with E-state index in [1.807, 2.05) is 0 Å². The van der Waals surface area contributed by atoms with Crippen molar-refractivity contribution < 1.29 is 44.0 Å². The quantitative estimate of drug-likeness (QED) is 0.0945. The number of aromatic carboxylic acids is 3. The van der Waals surface area contributed by atoms with E-state index in [1.54, 1.807) is 12.1 Å². The van der Waals surface area contributed by atoms with E-state index in [9.17, 15) is 44.4 Å². The number of nitrogens with one attached hydrogen (secondary N) is 3. The van der Waals surface area contributed by atoms with Crippen LogP contribution in [0.15, 0.2) is 82.0 Å². The van der Waals surface area contributed by atoms with Crippen molar-refractivity contribution in [3.8, 4) is 28.2 Å². The number of fused-ring (bicyclic) bond motifs is 2. The number of thiocarbonyl (C=S) groups is 1. The van der Waals surface area contributed by atoms with Crippen LogP contribution in [0.5, 0.6) is 5.75 Å². The molecule has 0 bridgehead atoms. The van der Waals surface area contributed by atoms with Gasteiger partial charge in [0.15, 0.2) is 10.5 Å². The molecule has 226 valence electrons. The molecule has 7 N–H and O–H groups in total. The average Bonchev–Trinajstić information content (AvgIpc) is 2.98. The Balaban J connectivity index is 1.38. The lowest BCUT2D eigenvalue weighted by Crippen LogP contribution is -2.35. The highest BCUT2D eigenvalue weighted by molar-refractivity contribution is 7.80. The Morgan fingerprint density at radius 1 is 0.756 bits per heavy atom. The van der Waals surface area contributed by atoms with Gasteiger partial charge in [0.1, 0.15) is 17.1 Å². The molecule has 0 unspecified atom stereocenters. The second-order valence-electron chi connectivity index (χ2n) is 9.61. The number of carbonyl (C=O) groups excluding carboxylic acids is 1. The number of hydrogen-bond donors (Lipinski definition) is 7. The zero-order valence-electron chi connectivity index (χ0n) is 22.8. The van der Waals surface area contributed by atoms with E-state index in [2.05, 4.69) is 16.0 Å². The van der Waals surface area contributed by atoms with Crippen LogP contribution in [-0.2, 0) is 4.79 Å². The smallest absolute Gasteiger partial charge is 0.337 e. The van der Waals surface area contributed by atoms with Gasteiger partial charge in [0.05, 0.1) is 28.9 Å². The van der Waals surface area contributed by atoms with Crippen molar-refractivity contribution in [2.75, 3.05) is 17.2 Å². The lowest BCUT2D eigenvalue weighted by molar-refractivity contribution is -0.115. The number of hydrogen-bond acceptors (Lipinski definition) is 8. The second-order valence-corrected chi connectivity index (χ2v) is 10.0. The van der Waals surface area contributed by atoms with E-state index in [4.69, 9.17) is 16.6 Å². The number of carboxylic acids is 3.